The van der Waals surface area contributed by atoms with Crippen molar-refractivity contribution in [3.63, 3.8) is 0 Å². The minimum atomic E-state index is -0.400. The van der Waals surface area contributed by atoms with Gasteiger partial charge in [0.1, 0.15) is 28.6 Å². The normalized spacial score (nSPS) is 14.0. The lowest BCUT2D eigenvalue weighted by Gasteiger charge is -2.22. The smallest absolute Gasteiger partial charge is 0.365 e. The first-order chi connectivity index (χ1) is 24.3. The molecule has 0 aliphatic carbocycles. The molecule has 0 radical (unpaired) electrons. The van der Waals surface area contributed by atoms with Gasteiger partial charge in [-0.25, -0.2) is 4.42 Å². The molecule has 1 aliphatic rings. The van der Waals surface area contributed by atoms with Crippen LogP contribution in [0.2, 0.25) is 0 Å². The highest BCUT2D eigenvalue weighted by molar-refractivity contribution is 9.10. The van der Waals surface area contributed by atoms with Crippen LogP contribution in [-0.2, 0) is 4.74 Å². The van der Waals surface area contributed by atoms with E-state index in [2.05, 4.69) is 31.9 Å². The van der Waals surface area contributed by atoms with E-state index in [0.717, 1.165) is 31.2 Å². The van der Waals surface area contributed by atoms with Crippen LogP contribution >= 0.6 is 31.9 Å². The first kappa shape index (κ1) is 33.2. The largest absolute Gasteiger partial charge is 0.496 e. The van der Waals surface area contributed by atoms with Crippen molar-refractivity contribution in [2.24, 2.45) is 5.92 Å². The molecule has 50 heavy (non-hydrogen) atoms. The molecule has 0 amide bonds. The Morgan fingerprint density at radius 1 is 0.640 bits per heavy atom. The molecule has 8 heteroatoms. The lowest BCUT2D eigenvalue weighted by atomic mass is 9.97. The summed E-state index contributed by atoms with van der Waals surface area (Å²) in [6, 6.07) is 34.2. The van der Waals surface area contributed by atoms with Gasteiger partial charge in [0.2, 0.25) is 10.9 Å². The summed E-state index contributed by atoms with van der Waals surface area (Å²) in [5, 5.41) is 0.233. The lowest BCUT2D eigenvalue weighted by molar-refractivity contribution is 0.404. The predicted octanol–water partition coefficient (Wildman–Crippen LogP) is 8.37. The van der Waals surface area contributed by atoms with E-state index in [1.807, 2.05) is 121 Å². The molecule has 1 aromatic heterocycles. The van der Waals surface area contributed by atoms with Crippen molar-refractivity contribution in [3.8, 4) is 34.1 Å². The van der Waals surface area contributed by atoms with E-state index in [4.69, 9.17) is 18.6 Å². The van der Waals surface area contributed by atoms with E-state index < -0.39 is 5.92 Å². The second-order valence-electron chi connectivity index (χ2n) is 11.6. The summed E-state index contributed by atoms with van der Waals surface area (Å²) < 4.78 is 25.8. The zero-order valence-electron chi connectivity index (χ0n) is 27.0. The molecule has 1 atom stereocenters. The Balaban J connectivity index is 1.33. The Morgan fingerprint density at radius 2 is 1.18 bits per heavy atom. The van der Waals surface area contributed by atoms with Gasteiger partial charge in [0.15, 0.2) is 0 Å². The fourth-order valence-electron chi connectivity index (χ4n) is 5.86. The third-order valence-corrected chi connectivity index (χ3v) is 9.43. The van der Waals surface area contributed by atoms with Crippen LogP contribution in [-0.4, -0.2) is 14.2 Å². The Morgan fingerprint density at radius 3 is 1.82 bits per heavy atom. The van der Waals surface area contributed by atoms with E-state index in [9.17, 15) is 9.59 Å². The van der Waals surface area contributed by atoms with Crippen molar-refractivity contribution in [3.05, 3.63) is 178 Å². The molecule has 1 aliphatic heterocycles. The van der Waals surface area contributed by atoms with Gasteiger partial charge in [-0.3, -0.25) is 9.59 Å². The van der Waals surface area contributed by atoms with Gasteiger partial charge in [0.25, 0.3) is 0 Å². The molecule has 6 nitrogen and oxygen atoms in total. The predicted molar refractivity (Wildman–Crippen MR) is 205 cm³/mol. The standard InChI is InChI=1S/C42H29Br2O6/c1-47-35-9-5-3-7-31(35)39-23-25(21-37(49-39)27-11-15-29(43)16-12-27)19-33-41(45)34(42(33)46)20-26-22-38(28-13-17-30(44)18-14-28)50-40(24-26)32-8-4-6-10-36(32)48-2/h3-25H,1-2H3/q+1. The van der Waals surface area contributed by atoms with Gasteiger partial charge in [0, 0.05) is 20.4 Å². The number of methoxy groups -OCH3 is 2. The van der Waals surface area contributed by atoms with E-state index in [0.29, 0.717) is 40.1 Å². The van der Waals surface area contributed by atoms with E-state index in [1.165, 1.54) is 0 Å². The maximum atomic E-state index is 13.6. The number of allylic oxidation sites excluding steroid dienone is 2. The van der Waals surface area contributed by atoms with E-state index in [-0.39, 0.29) is 21.3 Å². The Bertz CT molecular complexity index is 2460. The van der Waals surface area contributed by atoms with Crippen LogP contribution in [0.3, 0.4) is 0 Å². The summed E-state index contributed by atoms with van der Waals surface area (Å²) in [6.07, 6.45) is 7.12. The lowest BCUT2D eigenvalue weighted by Crippen LogP contribution is -2.64. The first-order valence-electron chi connectivity index (χ1n) is 15.7. The van der Waals surface area contributed by atoms with Crippen LogP contribution in [0.25, 0.3) is 46.3 Å². The molecule has 0 N–H and O–H groups in total. The quantitative estimate of drug-likeness (QED) is 0.145. The molecule has 0 bridgehead atoms. The highest BCUT2D eigenvalue weighted by Crippen LogP contribution is 2.37. The molecule has 0 saturated heterocycles. The summed E-state index contributed by atoms with van der Waals surface area (Å²) in [5.74, 6) is 3.16. The number of rotatable bonds is 8. The third-order valence-electron chi connectivity index (χ3n) is 8.37. The second-order valence-corrected chi connectivity index (χ2v) is 13.4. The van der Waals surface area contributed by atoms with Crippen molar-refractivity contribution in [1.29, 1.82) is 0 Å². The van der Waals surface area contributed by atoms with Crippen LogP contribution in [0, 0.1) is 5.92 Å². The van der Waals surface area contributed by atoms with Crippen molar-refractivity contribution >= 4 is 55.5 Å². The molecule has 246 valence electrons. The Labute approximate surface area is 304 Å². The minimum absolute atomic E-state index is 0.105. The van der Waals surface area contributed by atoms with Crippen molar-refractivity contribution in [2.45, 2.75) is 0 Å². The molecular formula is C42H29Br2O6+. The SMILES string of the molecule is COc1ccccc1C1=CC(C=c2c(=O)c(=Cc3cc(-c4ccc(Br)cc4)[o+]c(-c4ccccc4OC)c3)c2=O)C=C(c2ccc(Br)cc2)O1. The molecule has 7 rings (SSSR count). The third kappa shape index (κ3) is 6.77. The molecule has 5 aromatic carbocycles. The number of hydrogen-bond donors (Lipinski definition) is 0. The topological polar surface area (TPSA) is 73.1 Å². The summed E-state index contributed by atoms with van der Waals surface area (Å²) in [5.41, 5.74) is 3.19. The number of halogens is 2. The van der Waals surface area contributed by atoms with Crippen molar-refractivity contribution < 1.29 is 18.6 Å². The summed E-state index contributed by atoms with van der Waals surface area (Å²) in [7, 11) is 3.21. The van der Waals surface area contributed by atoms with Gasteiger partial charge in [-0.1, -0.05) is 74.3 Å². The van der Waals surface area contributed by atoms with Gasteiger partial charge in [-0.05, 0) is 84.5 Å². The number of benzene rings is 4. The van der Waals surface area contributed by atoms with Crippen LogP contribution in [0.1, 0.15) is 16.7 Å². The monoisotopic (exact) mass is 787 g/mol. The molecule has 1 unspecified atom stereocenters. The van der Waals surface area contributed by atoms with Gasteiger partial charge in [-0.15, -0.1) is 0 Å². The fourth-order valence-corrected chi connectivity index (χ4v) is 6.39. The molecule has 2 heterocycles. The summed E-state index contributed by atoms with van der Waals surface area (Å²) in [4.78, 5) is 27.3. The van der Waals surface area contributed by atoms with Gasteiger partial charge in [0.05, 0.1) is 47.9 Å². The maximum Gasteiger partial charge on any atom is 0.365 e. The van der Waals surface area contributed by atoms with Crippen LogP contribution < -0.4 is 30.8 Å². The average molecular weight is 789 g/mol. The molecule has 0 fully saturated rings. The zero-order valence-corrected chi connectivity index (χ0v) is 30.2. The first-order valence-corrected chi connectivity index (χ1v) is 17.3. The number of hydrogen-bond acceptors (Lipinski definition) is 5. The van der Waals surface area contributed by atoms with Crippen LogP contribution in [0.5, 0.6) is 11.5 Å². The van der Waals surface area contributed by atoms with E-state index >= 15 is 0 Å². The van der Waals surface area contributed by atoms with Crippen molar-refractivity contribution in [2.75, 3.05) is 14.2 Å². The van der Waals surface area contributed by atoms with Gasteiger partial charge >= 0.3 is 11.5 Å². The molecular weight excluding hydrogens is 760 g/mol. The maximum absolute atomic E-state index is 13.6. The van der Waals surface area contributed by atoms with E-state index in [1.54, 1.807) is 26.4 Å². The molecule has 0 spiro atoms. The second kappa shape index (κ2) is 14.3. The Hall–Kier alpha value is -5.31. The minimum Gasteiger partial charge on any atom is -0.496 e. The van der Waals surface area contributed by atoms with Crippen LogP contribution in [0.4, 0.5) is 0 Å². The summed E-state index contributed by atoms with van der Waals surface area (Å²) in [6.45, 7) is 0. The zero-order chi connectivity index (χ0) is 34.8. The number of para-hydroxylation sites is 2. The molecule has 6 aromatic rings. The summed E-state index contributed by atoms with van der Waals surface area (Å²) >= 11 is 6.98. The highest BCUT2D eigenvalue weighted by atomic mass is 79.9. The highest BCUT2D eigenvalue weighted by Gasteiger charge is 2.24. The number of ether oxygens (including phenoxy) is 3. The fraction of sp³-hybridized carbons (Fsp3) is 0.0714. The average Bonchev–Trinajstić information content (AvgIpc) is 3.16. The van der Waals surface area contributed by atoms with Gasteiger partial charge in [-0.2, -0.15) is 0 Å². The Kier molecular flexibility index (Phi) is 9.48. The van der Waals surface area contributed by atoms with Gasteiger partial charge < -0.3 is 14.2 Å². The van der Waals surface area contributed by atoms with Crippen molar-refractivity contribution in [1.82, 2.24) is 0 Å². The van der Waals surface area contributed by atoms with Crippen LogP contribution in [0.15, 0.2) is 144 Å². The molecule has 0 saturated carbocycles.